The summed E-state index contributed by atoms with van der Waals surface area (Å²) in [4.78, 5) is 25.7. The highest BCUT2D eigenvalue weighted by molar-refractivity contribution is 6.01. The first-order valence-electron chi connectivity index (χ1n) is 7.28. The normalized spacial score (nSPS) is 17.7. The van der Waals surface area contributed by atoms with E-state index in [0.29, 0.717) is 11.4 Å². The summed E-state index contributed by atoms with van der Waals surface area (Å²) in [5, 5.41) is 8.22. The zero-order chi connectivity index (χ0) is 15.9. The van der Waals surface area contributed by atoms with E-state index in [0.717, 1.165) is 19.6 Å². The third-order valence-electron chi connectivity index (χ3n) is 3.59. The van der Waals surface area contributed by atoms with Crippen LogP contribution in [0.5, 0.6) is 5.75 Å². The number of benzene rings is 1. The van der Waals surface area contributed by atoms with E-state index in [2.05, 4.69) is 22.9 Å². The molecule has 3 N–H and O–H groups in total. The second-order valence-corrected chi connectivity index (χ2v) is 5.25. The number of halogens is 1. The summed E-state index contributed by atoms with van der Waals surface area (Å²) in [6.45, 7) is 4.78. The molecule has 7 nitrogen and oxygen atoms in total. The van der Waals surface area contributed by atoms with Crippen LogP contribution < -0.4 is 20.7 Å². The van der Waals surface area contributed by atoms with E-state index in [9.17, 15) is 9.59 Å². The number of imide groups is 1. The molecule has 3 amide bonds. The van der Waals surface area contributed by atoms with Gasteiger partial charge in [0, 0.05) is 31.4 Å². The number of hydrogen-bond acceptors (Lipinski definition) is 5. The van der Waals surface area contributed by atoms with Crippen LogP contribution in [0.2, 0.25) is 0 Å². The first-order valence-corrected chi connectivity index (χ1v) is 7.28. The Morgan fingerprint density at radius 1 is 1.35 bits per heavy atom. The second kappa shape index (κ2) is 9.34. The maximum absolute atomic E-state index is 11.9. The lowest BCUT2D eigenvalue weighted by Crippen LogP contribution is -2.53. The van der Waals surface area contributed by atoms with Gasteiger partial charge in [-0.2, -0.15) is 0 Å². The molecule has 23 heavy (non-hydrogen) atoms. The largest absolute Gasteiger partial charge is 0.497 e. The average molecular weight is 343 g/mol. The lowest BCUT2D eigenvalue weighted by Gasteiger charge is -2.33. The monoisotopic (exact) mass is 342 g/mol. The van der Waals surface area contributed by atoms with Crippen molar-refractivity contribution in [3.05, 3.63) is 24.3 Å². The Kier molecular flexibility index (Phi) is 7.80. The van der Waals surface area contributed by atoms with Crippen molar-refractivity contribution in [2.45, 2.75) is 13.0 Å². The molecule has 1 atom stereocenters. The summed E-state index contributed by atoms with van der Waals surface area (Å²) in [7, 11) is 1.57. The third-order valence-corrected chi connectivity index (χ3v) is 3.59. The average Bonchev–Trinajstić information content (AvgIpc) is 2.50. The lowest BCUT2D eigenvalue weighted by atomic mass is 10.2. The number of anilines is 1. The van der Waals surface area contributed by atoms with Crippen molar-refractivity contribution < 1.29 is 14.3 Å². The molecule has 1 heterocycles. The number of nitrogens with zero attached hydrogens (tertiary/aromatic N) is 1. The molecule has 0 unspecified atom stereocenters. The SMILES string of the molecule is COc1ccc(NC(=O)NC(=O)CN2CCNC[C@@H]2C)cc1.Cl. The van der Waals surface area contributed by atoms with Crippen LogP contribution in [0.3, 0.4) is 0 Å². The van der Waals surface area contributed by atoms with Gasteiger partial charge in [0.1, 0.15) is 5.75 Å². The van der Waals surface area contributed by atoms with E-state index in [-0.39, 0.29) is 30.9 Å². The van der Waals surface area contributed by atoms with Crippen LogP contribution in [0, 0.1) is 0 Å². The number of carbonyl (C=O) groups excluding carboxylic acids is 2. The van der Waals surface area contributed by atoms with Crippen molar-refractivity contribution in [2.75, 3.05) is 38.6 Å². The molecule has 1 aliphatic heterocycles. The topological polar surface area (TPSA) is 82.7 Å². The summed E-state index contributed by atoms with van der Waals surface area (Å²) < 4.78 is 5.04. The first-order chi connectivity index (χ1) is 10.6. The fraction of sp³-hybridized carbons (Fsp3) is 0.467. The van der Waals surface area contributed by atoms with Gasteiger partial charge in [-0.05, 0) is 31.2 Å². The molecule has 0 radical (unpaired) electrons. The van der Waals surface area contributed by atoms with Crippen LogP contribution in [0.4, 0.5) is 10.5 Å². The number of carbonyl (C=O) groups is 2. The van der Waals surface area contributed by atoms with Crippen molar-refractivity contribution in [3.8, 4) is 5.75 Å². The van der Waals surface area contributed by atoms with Crippen LogP contribution in [0.1, 0.15) is 6.92 Å². The van der Waals surface area contributed by atoms with Crippen molar-refractivity contribution in [2.24, 2.45) is 0 Å². The molecule has 0 bridgehead atoms. The summed E-state index contributed by atoms with van der Waals surface area (Å²) in [6.07, 6.45) is 0. The Labute approximate surface area is 142 Å². The maximum atomic E-state index is 11.9. The Morgan fingerprint density at radius 2 is 2.04 bits per heavy atom. The number of amides is 3. The van der Waals surface area contributed by atoms with Crippen LogP contribution in [-0.2, 0) is 4.79 Å². The second-order valence-electron chi connectivity index (χ2n) is 5.25. The molecule has 8 heteroatoms. The Bertz CT molecular complexity index is 524. The number of urea groups is 1. The van der Waals surface area contributed by atoms with E-state index in [1.807, 2.05) is 4.90 Å². The van der Waals surface area contributed by atoms with E-state index in [1.165, 1.54) is 0 Å². The highest BCUT2D eigenvalue weighted by Crippen LogP contribution is 2.14. The molecule has 2 rings (SSSR count). The molecule has 1 aliphatic rings. The molecular formula is C15H23ClN4O3. The molecule has 1 saturated heterocycles. The molecular weight excluding hydrogens is 320 g/mol. The molecule has 1 aromatic rings. The summed E-state index contributed by atoms with van der Waals surface area (Å²) in [5.41, 5.74) is 0.599. The van der Waals surface area contributed by atoms with Crippen molar-refractivity contribution in [3.63, 3.8) is 0 Å². The van der Waals surface area contributed by atoms with Crippen LogP contribution in [0.25, 0.3) is 0 Å². The zero-order valence-electron chi connectivity index (χ0n) is 13.3. The molecule has 0 spiro atoms. The van der Waals surface area contributed by atoms with Gasteiger partial charge in [0.25, 0.3) is 0 Å². The van der Waals surface area contributed by atoms with Gasteiger partial charge in [0.2, 0.25) is 5.91 Å². The molecule has 0 aromatic heterocycles. The number of hydrogen-bond donors (Lipinski definition) is 3. The Morgan fingerprint density at radius 3 is 2.65 bits per heavy atom. The van der Waals surface area contributed by atoms with Gasteiger partial charge in [-0.1, -0.05) is 0 Å². The van der Waals surface area contributed by atoms with Crippen molar-refractivity contribution >= 4 is 30.0 Å². The van der Waals surface area contributed by atoms with E-state index in [1.54, 1.807) is 31.4 Å². The Balaban J connectivity index is 0.00000264. The molecule has 0 aliphatic carbocycles. The van der Waals surface area contributed by atoms with Gasteiger partial charge >= 0.3 is 6.03 Å². The number of methoxy groups -OCH3 is 1. The van der Waals surface area contributed by atoms with Gasteiger partial charge in [-0.15, -0.1) is 12.4 Å². The minimum atomic E-state index is -0.530. The fourth-order valence-electron chi connectivity index (χ4n) is 2.31. The first kappa shape index (κ1) is 19.2. The minimum absolute atomic E-state index is 0. The third kappa shape index (κ3) is 6.05. The number of piperazine rings is 1. The predicted octanol–water partition coefficient (Wildman–Crippen LogP) is 1.06. The highest BCUT2D eigenvalue weighted by Gasteiger charge is 2.21. The maximum Gasteiger partial charge on any atom is 0.325 e. The number of nitrogens with one attached hydrogen (secondary N) is 3. The van der Waals surface area contributed by atoms with Gasteiger partial charge < -0.3 is 15.4 Å². The molecule has 1 aromatic carbocycles. The fourth-order valence-corrected chi connectivity index (χ4v) is 2.31. The molecule has 0 saturated carbocycles. The molecule has 128 valence electrons. The van der Waals surface area contributed by atoms with Gasteiger partial charge in [0.05, 0.1) is 13.7 Å². The van der Waals surface area contributed by atoms with Crippen LogP contribution in [0.15, 0.2) is 24.3 Å². The smallest absolute Gasteiger partial charge is 0.325 e. The Hall–Kier alpha value is -1.83. The van der Waals surface area contributed by atoms with Crippen LogP contribution >= 0.6 is 12.4 Å². The van der Waals surface area contributed by atoms with Crippen LogP contribution in [-0.4, -0.2) is 56.2 Å². The summed E-state index contributed by atoms with van der Waals surface area (Å²) >= 11 is 0. The van der Waals surface area contributed by atoms with E-state index < -0.39 is 6.03 Å². The standard InChI is InChI=1S/C15H22N4O3.ClH/c1-11-9-16-7-8-19(11)10-14(20)18-15(21)17-12-3-5-13(22-2)6-4-12;/h3-6,11,16H,7-10H2,1-2H3,(H2,17,18,20,21);1H/t11-;/m0./s1. The van der Waals surface area contributed by atoms with Crippen molar-refractivity contribution in [1.82, 2.24) is 15.5 Å². The van der Waals surface area contributed by atoms with Gasteiger partial charge in [0.15, 0.2) is 0 Å². The molecule has 1 fully saturated rings. The zero-order valence-corrected chi connectivity index (χ0v) is 14.1. The van der Waals surface area contributed by atoms with E-state index in [4.69, 9.17) is 4.74 Å². The minimum Gasteiger partial charge on any atom is -0.497 e. The van der Waals surface area contributed by atoms with Gasteiger partial charge in [-0.3, -0.25) is 15.0 Å². The summed E-state index contributed by atoms with van der Waals surface area (Å²) in [6, 6.07) is 6.64. The lowest BCUT2D eigenvalue weighted by molar-refractivity contribution is -0.121. The number of rotatable bonds is 4. The summed E-state index contributed by atoms with van der Waals surface area (Å²) in [5.74, 6) is 0.398. The predicted molar refractivity (Wildman–Crippen MR) is 91.3 cm³/mol. The quantitative estimate of drug-likeness (QED) is 0.762. The number of ether oxygens (including phenoxy) is 1. The van der Waals surface area contributed by atoms with Gasteiger partial charge in [-0.25, -0.2) is 4.79 Å². The van der Waals surface area contributed by atoms with Crippen molar-refractivity contribution in [1.29, 1.82) is 0 Å². The highest BCUT2D eigenvalue weighted by atomic mass is 35.5. The van der Waals surface area contributed by atoms with E-state index >= 15 is 0 Å².